The Morgan fingerprint density at radius 1 is 1.03 bits per heavy atom. The van der Waals surface area contributed by atoms with Gasteiger partial charge in [-0.2, -0.15) is 26.3 Å². The molecule has 9 nitrogen and oxygen atoms in total. The molecular weight excluding hydrogens is 516 g/mol. The number of carboxylic acids is 2. The number of hydrogen-bond acceptors (Lipinski definition) is 6. The van der Waals surface area contributed by atoms with Crippen LogP contribution in [0.1, 0.15) is 37.0 Å². The van der Waals surface area contributed by atoms with E-state index in [2.05, 4.69) is 23.7 Å². The molecule has 3 heterocycles. The van der Waals surface area contributed by atoms with Gasteiger partial charge in [0.1, 0.15) is 0 Å². The fourth-order valence-electron chi connectivity index (χ4n) is 3.65. The smallest absolute Gasteiger partial charge is 0.475 e. The van der Waals surface area contributed by atoms with E-state index in [9.17, 15) is 31.1 Å². The van der Waals surface area contributed by atoms with Crippen molar-refractivity contribution in [2.75, 3.05) is 39.3 Å². The number of carboxylic acid groups (broad SMARTS) is 2. The van der Waals surface area contributed by atoms with Crippen LogP contribution in [0, 0.1) is 5.92 Å². The van der Waals surface area contributed by atoms with Crippen LogP contribution in [0.2, 0.25) is 0 Å². The standard InChI is InChI=1S/C18H27N3O2.2C2HF3O2/c1-15(2)13-20-8-5-18(6-9-20)14-21(10-11-23-18)17(22)16-4-3-7-19-12-16;2*3-2(4,5)1(6)7/h3-4,7,12,15H,5-6,8-11,13-14H2,1-2H3;2*(H,6,7). The molecule has 0 unspecified atom stereocenters. The highest BCUT2D eigenvalue weighted by Gasteiger charge is 2.41. The summed E-state index contributed by atoms with van der Waals surface area (Å²) >= 11 is 0. The fraction of sp³-hybridized carbons (Fsp3) is 0.636. The second kappa shape index (κ2) is 13.6. The number of hydrogen-bond donors (Lipinski definition) is 2. The minimum atomic E-state index is -5.08. The van der Waals surface area contributed by atoms with E-state index in [0.717, 1.165) is 32.5 Å². The maximum atomic E-state index is 12.7. The van der Waals surface area contributed by atoms with E-state index >= 15 is 0 Å². The van der Waals surface area contributed by atoms with Gasteiger partial charge in [0.2, 0.25) is 0 Å². The van der Waals surface area contributed by atoms with Gasteiger partial charge in [0, 0.05) is 38.6 Å². The van der Waals surface area contributed by atoms with Gasteiger partial charge in [-0.3, -0.25) is 9.78 Å². The molecule has 0 bridgehead atoms. The lowest BCUT2D eigenvalue weighted by molar-refractivity contribution is -0.193. The monoisotopic (exact) mass is 545 g/mol. The van der Waals surface area contributed by atoms with E-state index in [1.165, 1.54) is 0 Å². The van der Waals surface area contributed by atoms with Crippen molar-refractivity contribution >= 4 is 17.8 Å². The van der Waals surface area contributed by atoms with Crippen LogP contribution in [0.25, 0.3) is 0 Å². The van der Waals surface area contributed by atoms with Gasteiger partial charge >= 0.3 is 24.3 Å². The van der Waals surface area contributed by atoms with Crippen LogP contribution in [0.3, 0.4) is 0 Å². The number of ether oxygens (including phenoxy) is 1. The molecule has 3 rings (SSSR count). The number of likely N-dealkylation sites (tertiary alicyclic amines) is 1. The largest absolute Gasteiger partial charge is 0.490 e. The average Bonchev–Trinajstić information content (AvgIpc) is 2.80. The highest BCUT2D eigenvalue weighted by atomic mass is 19.4. The summed E-state index contributed by atoms with van der Waals surface area (Å²) in [6.45, 7) is 9.80. The van der Waals surface area contributed by atoms with Crippen molar-refractivity contribution in [2.45, 2.75) is 44.6 Å². The maximum Gasteiger partial charge on any atom is 0.490 e. The SMILES string of the molecule is CC(C)CN1CCC2(CC1)CN(C(=O)c1cccnc1)CCO2.O=C(O)C(F)(F)F.O=C(O)C(F)(F)F. The third kappa shape index (κ3) is 11.3. The Balaban J connectivity index is 0.000000404. The molecule has 2 aliphatic rings. The van der Waals surface area contributed by atoms with Gasteiger partial charge in [-0.25, -0.2) is 9.59 Å². The summed E-state index contributed by atoms with van der Waals surface area (Å²) < 4.78 is 69.6. The first-order valence-electron chi connectivity index (χ1n) is 11.1. The highest BCUT2D eigenvalue weighted by molar-refractivity contribution is 5.94. The van der Waals surface area contributed by atoms with Crippen LogP contribution in [-0.4, -0.2) is 100 Å². The number of morpholine rings is 1. The van der Waals surface area contributed by atoms with E-state index in [1.807, 2.05) is 17.0 Å². The number of halogens is 6. The van der Waals surface area contributed by atoms with Gasteiger partial charge in [0.15, 0.2) is 0 Å². The van der Waals surface area contributed by atoms with Crippen LogP contribution in [-0.2, 0) is 14.3 Å². The number of aromatic nitrogens is 1. The number of piperidine rings is 1. The second-order valence-corrected chi connectivity index (χ2v) is 8.80. The molecule has 1 spiro atoms. The number of nitrogens with zero attached hydrogens (tertiary/aromatic N) is 3. The maximum absolute atomic E-state index is 12.7. The molecule has 2 aliphatic heterocycles. The quantitative estimate of drug-likeness (QED) is 0.556. The molecule has 2 fully saturated rings. The Bertz CT molecular complexity index is 863. The molecule has 0 radical (unpaired) electrons. The lowest BCUT2D eigenvalue weighted by Gasteiger charge is -2.47. The van der Waals surface area contributed by atoms with Gasteiger partial charge in [0.25, 0.3) is 5.91 Å². The van der Waals surface area contributed by atoms with Crippen molar-refractivity contribution in [3.05, 3.63) is 30.1 Å². The predicted molar refractivity (Wildman–Crippen MR) is 117 cm³/mol. The minimum absolute atomic E-state index is 0.0744. The highest BCUT2D eigenvalue weighted by Crippen LogP contribution is 2.31. The molecule has 0 aromatic carbocycles. The first kappa shape index (κ1) is 32.1. The second-order valence-electron chi connectivity index (χ2n) is 8.80. The van der Waals surface area contributed by atoms with E-state index in [0.29, 0.717) is 31.2 Å². The molecule has 0 aliphatic carbocycles. The van der Waals surface area contributed by atoms with Crippen molar-refractivity contribution < 1.29 is 55.7 Å². The molecule has 0 atom stereocenters. The van der Waals surface area contributed by atoms with Gasteiger partial charge in [-0.1, -0.05) is 13.8 Å². The Labute approximate surface area is 209 Å². The number of carbonyl (C=O) groups is 3. The summed E-state index contributed by atoms with van der Waals surface area (Å²) in [5.41, 5.74) is 0.519. The zero-order chi connectivity index (χ0) is 28.4. The van der Waals surface area contributed by atoms with Crippen molar-refractivity contribution in [3.63, 3.8) is 0 Å². The predicted octanol–water partition coefficient (Wildman–Crippen LogP) is 3.31. The Hall–Kier alpha value is -2.94. The summed E-state index contributed by atoms with van der Waals surface area (Å²) in [5, 5.41) is 14.2. The van der Waals surface area contributed by atoms with Crippen LogP contribution >= 0.6 is 0 Å². The van der Waals surface area contributed by atoms with E-state index in [-0.39, 0.29) is 11.5 Å². The first-order valence-corrected chi connectivity index (χ1v) is 11.1. The third-order valence-electron chi connectivity index (χ3n) is 5.32. The summed E-state index contributed by atoms with van der Waals surface area (Å²) in [4.78, 5) is 39.0. The van der Waals surface area contributed by atoms with Gasteiger partial charge in [-0.05, 0) is 30.9 Å². The Kier molecular flexibility index (Phi) is 11.8. The van der Waals surface area contributed by atoms with Crippen molar-refractivity contribution in [3.8, 4) is 0 Å². The Morgan fingerprint density at radius 2 is 1.54 bits per heavy atom. The molecule has 1 aromatic heterocycles. The van der Waals surface area contributed by atoms with Crippen LogP contribution < -0.4 is 0 Å². The van der Waals surface area contributed by atoms with Gasteiger partial charge < -0.3 is 24.7 Å². The molecule has 210 valence electrons. The lowest BCUT2D eigenvalue weighted by Crippen LogP contribution is -2.58. The van der Waals surface area contributed by atoms with Gasteiger partial charge in [0.05, 0.1) is 24.3 Å². The number of pyridine rings is 1. The summed E-state index contributed by atoms with van der Waals surface area (Å²) in [5.74, 6) is -4.75. The fourth-order valence-corrected chi connectivity index (χ4v) is 3.65. The van der Waals surface area contributed by atoms with Crippen LogP contribution in [0.5, 0.6) is 0 Å². The van der Waals surface area contributed by atoms with E-state index in [1.54, 1.807) is 12.4 Å². The van der Waals surface area contributed by atoms with E-state index < -0.39 is 24.3 Å². The normalized spacial score (nSPS) is 17.8. The van der Waals surface area contributed by atoms with Crippen LogP contribution in [0.4, 0.5) is 26.3 Å². The first-order chi connectivity index (χ1) is 17.0. The Morgan fingerprint density at radius 3 is 1.95 bits per heavy atom. The minimum Gasteiger partial charge on any atom is -0.475 e. The number of amides is 1. The molecule has 2 N–H and O–H groups in total. The van der Waals surface area contributed by atoms with E-state index in [4.69, 9.17) is 24.5 Å². The molecule has 0 saturated carbocycles. The third-order valence-corrected chi connectivity index (χ3v) is 5.32. The van der Waals surface area contributed by atoms with Gasteiger partial charge in [-0.15, -0.1) is 0 Å². The average molecular weight is 545 g/mol. The molecular formula is C22H29F6N3O6. The molecule has 37 heavy (non-hydrogen) atoms. The van der Waals surface area contributed by atoms with Crippen molar-refractivity contribution in [1.82, 2.24) is 14.8 Å². The summed E-state index contributed by atoms with van der Waals surface area (Å²) in [7, 11) is 0. The van der Waals surface area contributed by atoms with Crippen molar-refractivity contribution in [1.29, 1.82) is 0 Å². The summed E-state index contributed by atoms with van der Waals surface area (Å²) in [6.07, 6.45) is -4.80. The topological polar surface area (TPSA) is 120 Å². The zero-order valence-corrected chi connectivity index (χ0v) is 20.2. The number of rotatable bonds is 3. The van der Waals surface area contributed by atoms with Crippen molar-refractivity contribution in [2.24, 2.45) is 5.92 Å². The molecule has 2 saturated heterocycles. The lowest BCUT2D eigenvalue weighted by atomic mass is 9.88. The number of carbonyl (C=O) groups excluding carboxylic acids is 1. The summed E-state index contributed by atoms with van der Waals surface area (Å²) in [6, 6.07) is 3.65. The zero-order valence-electron chi connectivity index (χ0n) is 20.2. The number of alkyl halides is 6. The van der Waals surface area contributed by atoms with Crippen LogP contribution in [0.15, 0.2) is 24.5 Å². The molecule has 1 aromatic rings. The number of aliphatic carboxylic acids is 2. The molecule has 15 heteroatoms. The molecule has 1 amide bonds.